The molecule has 142 valence electrons. The summed E-state index contributed by atoms with van der Waals surface area (Å²) >= 11 is 0. The Kier molecular flexibility index (Phi) is 5.33. The number of likely N-dealkylation sites (tertiary alicyclic amines) is 1. The van der Waals surface area contributed by atoms with Crippen molar-refractivity contribution in [2.24, 2.45) is 0 Å². The summed E-state index contributed by atoms with van der Waals surface area (Å²) in [7, 11) is 0. The molecule has 0 aliphatic carbocycles. The maximum Gasteiger partial charge on any atom is 0.253 e. The molecular formula is C23H22FN3O. The minimum Gasteiger partial charge on any atom is -0.337 e. The van der Waals surface area contributed by atoms with Gasteiger partial charge in [-0.1, -0.05) is 36.4 Å². The number of carbonyl (C=O) groups is 1. The Labute approximate surface area is 163 Å². The standard InChI is InChI=1S/C23H22FN3O/c24-20-11-9-19(10-12-20)23(28)26-14-4-7-22(16-26)27-15-21(25-17-27)13-8-18-5-2-1-3-6-18/h1-3,5-6,8-13,15,17,22H,4,7,14,16H2/t22-/m0/s1. The summed E-state index contributed by atoms with van der Waals surface area (Å²) in [6.45, 7) is 1.36. The molecule has 28 heavy (non-hydrogen) atoms. The van der Waals surface area contributed by atoms with E-state index in [0.29, 0.717) is 12.1 Å². The molecule has 0 unspecified atom stereocenters. The number of nitrogens with zero attached hydrogens (tertiary/aromatic N) is 3. The molecule has 2 heterocycles. The van der Waals surface area contributed by atoms with Crippen LogP contribution < -0.4 is 0 Å². The van der Waals surface area contributed by atoms with Crippen LogP contribution in [-0.4, -0.2) is 33.4 Å². The van der Waals surface area contributed by atoms with Crippen LogP contribution in [0.2, 0.25) is 0 Å². The van der Waals surface area contributed by atoms with Crippen molar-refractivity contribution in [3.63, 3.8) is 0 Å². The second-order valence-corrected chi connectivity index (χ2v) is 7.04. The molecule has 1 aromatic heterocycles. The van der Waals surface area contributed by atoms with Crippen LogP contribution in [-0.2, 0) is 0 Å². The summed E-state index contributed by atoms with van der Waals surface area (Å²) in [5.41, 5.74) is 2.55. The lowest BCUT2D eigenvalue weighted by Gasteiger charge is -2.33. The highest BCUT2D eigenvalue weighted by molar-refractivity contribution is 5.94. The zero-order valence-electron chi connectivity index (χ0n) is 15.5. The number of amides is 1. The van der Waals surface area contributed by atoms with Gasteiger partial charge in [0.05, 0.1) is 18.1 Å². The summed E-state index contributed by atoms with van der Waals surface area (Å²) in [6.07, 6.45) is 9.83. The molecule has 0 spiro atoms. The zero-order chi connectivity index (χ0) is 19.3. The second-order valence-electron chi connectivity index (χ2n) is 7.04. The van der Waals surface area contributed by atoms with Gasteiger partial charge in [-0.15, -0.1) is 0 Å². The molecule has 1 fully saturated rings. The van der Waals surface area contributed by atoms with Gasteiger partial charge >= 0.3 is 0 Å². The summed E-state index contributed by atoms with van der Waals surface area (Å²) < 4.78 is 15.2. The maximum atomic E-state index is 13.1. The van der Waals surface area contributed by atoms with Gasteiger partial charge in [-0.3, -0.25) is 4.79 Å². The molecule has 0 saturated carbocycles. The molecule has 1 aliphatic heterocycles. The third-order valence-electron chi connectivity index (χ3n) is 5.06. The Morgan fingerprint density at radius 1 is 1.07 bits per heavy atom. The molecule has 4 nitrogen and oxygen atoms in total. The second kappa shape index (κ2) is 8.21. The zero-order valence-corrected chi connectivity index (χ0v) is 15.5. The van der Waals surface area contributed by atoms with E-state index in [9.17, 15) is 9.18 Å². The fourth-order valence-corrected chi connectivity index (χ4v) is 3.54. The molecule has 0 radical (unpaired) electrons. The van der Waals surface area contributed by atoms with Crippen molar-refractivity contribution in [3.05, 3.63) is 89.8 Å². The highest BCUT2D eigenvalue weighted by atomic mass is 19.1. The number of benzene rings is 2. The highest BCUT2D eigenvalue weighted by Crippen LogP contribution is 2.23. The third-order valence-corrected chi connectivity index (χ3v) is 5.06. The van der Waals surface area contributed by atoms with Crippen molar-refractivity contribution < 1.29 is 9.18 Å². The lowest BCUT2D eigenvalue weighted by molar-refractivity contribution is 0.0679. The number of aromatic nitrogens is 2. The van der Waals surface area contributed by atoms with Gasteiger partial charge in [0.2, 0.25) is 0 Å². The van der Waals surface area contributed by atoms with E-state index in [1.54, 1.807) is 12.1 Å². The Morgan fingerprint density at radius 3 is 2.64 bits per heavy atom. The quantitative estimate of drug-likeness (QED) is 0.665. The van der Waals surface area contributed by atoms with Crippen LogP contribution in [0, 0.1) is 5.82 Å². The topological polar surface area (TPSA) is 38.1 Å². The number of carbonyl (C=O) groups excluding carboxylic acids is 1. The largest absolute Gasteiger partial charge is 0.337 e. The van der Waals surface area contributed by atoms with Crippen LogP contribution in [0.15, 0.2) is 67.1 Å². The maximum absolute atomic E-state index is 13.1. The summed E-state index contributed by atoms with van der Waals surface area (Å²) in [5, 5.41) is 0. The van der Waals surface area contributed by atoms with Crippen molar-refractivity contribution in [1.82, 2.24) is 14.5 Å². The van der Waals surface area contributed by atoms with Gasteiger partial charge in [0.1, 0.15) is 5.82 Å². The molecule has 1 aliphatic rings. The van der Waals surface area contributed by atoms with E-state index in [1.165, 1.54) is 12.1 Å². The minimum absolute atomic E-state index is 0.0472. The average Bonchev–Trinajstić information content (AvgIpc) is 3.22. The molecule has 0 N–H and O–H groups in total. The first kappa shape index (κ1) is 18.2. The van der Waals surface area contributed by atoms with Crippen LogP contribution >= 0.6 is 0 Å². The lowest BCUT2D eigenvalue weighted by Crippen LogP contribution is -2.40. The Hall–Kier alpha value is -3.21. The molecule has 2 aromatic carbocycles. The Morgan fingerprint density at radius 2 is 1.86 bits per heavy atom. The van der Waals surface area contributed by atoms with Crippen molar-refractivity contribution in [2.75, 3.05) is 13.1 Å². The molecule has 0 bridgehead atoms. The predicted octanol–water partition coefficient (Wildman–Crippen LogP) is 4.67. The first-order chi connectivity index (χ1) is 13.7. The Bertz CT molecular complexity index is 963. The number of halogens is 1. The van der Waals surface area contributed by atoms with Gasteiger partial charge in [0, 0.05) is 24.8 Å². The Balaban J connectivity index is 1.43. The van der Waals surface area contributed by atoms with E-state index in [2.05, 4.69) is 9.55 Å². The third kappa shape index (κ3) is 4.19. The van der Waals surface area contributed by atoms with Crippen LogP contribution in [0.3, 0.4) is 0 Å². The number of hydrogen-bond acceptors (Lipinski definition) is 2. The molecule has 1 saturated heterocycles. The fraction of sp³-hybridized carbons (Fsp3) is 0.217. The lowest BCUT2D eigenvalue weighted by atomic mass is 10.0. The van der Waals surface area contributed by atoms with Crippen LogP contribution in [0.5, 0.6) is 0 Å². The number of imidazole rings is 1. The van der Waals surface area contributed by atoms with Gasteiger partial charge in [0.25, 0.3) is 5.91 Å². The van der Waals surface area contributed by atoms with Crippen molar-refractivity contribution >= 4 is 18.1 Å². The monoisotopic (exact) mass is 375 g/mol. The normalized spacial score (nSPS) is 17.2. The van der Waals surface area contributed by atoms with Crippen molar-refractivity contribution in [2.45, 2.75) is 18.9 Å². The van der Waals surface area contributed by atoms with Crippen LogP contribution in [0.25, 0.3) is 12.2 Å². The first-order valence-corrected chi connectivity index (χ1v) is 9.50. The fourth-order valence-electron chi connectivity index (χ4n) is 3.54. The van der Waals surface area contributed by atoms with Crippen molar-refractivity contribution in [3.8, 4) is 0 Å². The van der Waals surface area contributed by atoms with E-state index < -0.39 is 0 Å². The van der Waals surface area contributed by atoms with Gasteiger partial charge in [-0.2, -0.15) is 0 Å². The van der Waals surface area contributed by atoms with Crippen LogP contribution in [0.1, 0.15) is 40.5 Å². The van der Waals surface area contributed by atoms with E-state index >= 15 is 0 Å². The molecule has 1 amide bonds. The van der Waals surface area contributed by atoms with Gasteiger partial charge in [0.15, 0.2) is 0 Å². The first-order valence-electron chi connectivity index (χ1n) is 9.50. The van der Waals surface area contributed by atoms with Gasteiger partial charge < -0.3 is 9.47 Å². The summed E-state index contributed by atoms with van der Waals surface area (Å²) in [4.78, 5) is 19.0. The SMILES string of the molecule is O=C(c1ccc(F)cc1)N1CCC[C@H](n2cnc(C=Cc3ccccc3)c2)C1. The van der Waals surface area contributed by atoms with Crippen molar-refractivity contribution in [1.29, 1.82) is 0 Å². The smallest absolute Gasteiger partial charge is 0.253 e. The number of hydrogen-bond donors (Lipinski definition) is 0. The average molecular weight is 375 g/mol. The molecule has 1 atom stereocenters. The molecule has 5 heteroatoms. The van der Waals surface area contributed by atoms with Gasteiger partial charge in [-0.05, 0) is 48.7 Å². The van der Waals surface area contributed by atoms with E-state index in [1.807, 2.05) is 59.9 Å². The highest BCUT2D eigenvalue weighted by Gasteiger charge is 2.25. The number of rotatable bonds is 4. The summed E-state index contributed by atoms with van der Waals surface area (Å²) in [5.74, 6) is -0.378. The predicted molar refractivity (Wildman–Crippen MR) is 108 cm³/mol. The number of piperidine rings is 1. The van der Waals surface area contributed by atoms with E-state index in [0.717, 1.165) is 30.6 Å². The molecule has 4 rings (SSSR count). The van der Waals surface area contributed by atoms with E-state index in [-0.39, 0.29) is 17.8 Å². The molecule has 3 aromatic rings. The van der Waals surface area contributed by atoms with Crippen LogP contribution in [0.4, 0.5) is 4.39 Å². The summed E-state index contributed by atoms with van der Waals surface area (Å²) in [6, 6.07) is 16.1. The molecular weight excluding hydrogens is 353 g/mol. The van der Waals surface area contributed by atoms with Gasteiger partial charge in [-0.25, -0.2) is 9.37 Å². The van der Waals surface area contributed by atoms with E-state index in [4.69, 9.17) is 0 Å². The minimum atomic E-state index is -0.331.